The normalized spacial score (nSPS) is 22.6. The van der Waals surface area contributed by atoms with E-state index in [2.05, 4.69) is 16.0 Å². The van der Waals surface area contributed by atoms with Gasteiger partial charge in [0.05, 0.1) is 13.7 Å². The van der Waals surface area contributed by atoms with Crippen LogP contribution >= 0.6 is 0 Å². The second-order valence-electron chi connectivity index (χ2n) is 10.5. The van der Waals surface area contributed by atoms with E-state index in [1.807, 2.05) is 49.1 Å². The van der Waals surface area contributed by atoms with Crippen molar-refractivity contribution in [1.29, 1.82) is 0 Å². The van der Waals surface area contributed by atoms with Crippen molar-refractivity contribution in [2.75, 3.05) is 37.4 Å². The molecule has 2 aromatic rings. The molecular weight excluding hydrogens is 459 g/mol. The minimum absolute atomic E-state index is 0.0225. The summed E-state index contributed by atoms with van der Waals surface area (Å²) < 4.78 is 19.7. The second kappa shape index (κ2) is 9.73. The van der Waals surface area contributed by atoms with E-state index in [4.69, 9.17) is 4.74 Å². The molecule has 3 aliphatic rings. The van der Waals surface area contributed by atoms with Crippen molar-refractivity contribution >= 4 is 23.2 Å². The minimum Gasteiger partial charge on any atom is -0.496 e. The molecule has 3 N–H and O–H groups in total. The molecule has 2 amide bonds. The van der Waals surface area contributed by atoms with Crippen LogP contribution in [0, 0.1) is 19.8 Å². The number of anilines is 2. The van der Waals surface area contributed by atoms with E-state index in [1.165, 1.54) is 0 Å². The minimum atomic E-state index is -1.22. The summed E-state index contributed by atoms with van der Waals surface area (Å²) in [4.78, 5) is 28.2. The first-order valence-corrected chi connectivity index (χ1v) is 12.8. The van der Waals surface area contributed by atoms with Crippen LogP contribution < -0.4 is 20.7 Å². The molecule has 8 heteroatoms. The fourth-order valence-corrected chi connectivity index (χ4v) is 5.59. The molecular formula is C28H35FN4O3. The fraction of sp³-hybridized carbons (Fsp3) is 0.500. The highest BCUT2D eigenvalue weighted by molar-refractivity contribution is 6.00. The van der Waals surface area contributed by atoms with Crippen LogP contribution in [0.5, 0.6) is 5.75 Å². The molecule has 0 atom stereocenters. The lowest BCUT2D eigenvalue weighted by Crippen LogP contribution is -2.59. The van der Waals surface area contributed by atoms with Crippen molar-refractivity contribution in [2.45, 2.75) is 57.8 Å². The van der Waals surface area contributed by atoms with E-state index in [-0.39, 0.29) is 30.3 Å². The third-order valence-corrected chi connectivity index (χ3v) is 7.97. The van der Waals surface area contributed by atoms with E-state index in [0.717, 1.165) is 59.5 Å². The molecule has 2 fully saturated rings. The predicted molar refractivity (Wildman–Crippen MR) is 138 cm³/mol. The monoisotopic (exact) mass is 494 g/mol. The van der Waals surface area contributed by atoms with E-state index >= 15 is 0 Å². The maximum absolute atomic E-state index is 14.4. The Morgan fingerprint density at radius 1 is 1.11 bits per heavy atom. The zero-order chi connectivity index (χ0) is 25.4. The van der Waals surface area contributed by atoms with Crippen LogP contribution in [-0.2, 0) is 11.3 Å². The number of methoxy groups -OCH3 is 1. The molecule has 1 saturated carbocycles. The van der Waals surface area contributed by atoms with E-state index in [1.54, 1.807) is 7.11 Å². The number of aryl methyl sites for hydroxylation is 2. The van der Waals surface area contributed by atoms with Crippen LogP contribution in [0.2, 0.25) is 0 Å². The average molecular weight is 495 g/mol. The summed E-state index contributed by atoms with van der Waals surface area (Å²) in [7, 11) is 1.62. The highest BCUT2D eigenvalue weighted by Crippen LogP contribution is 2.36. The van der Waals surface area contributed by atoms with E-state index in [9.17, 15) is 14.0 Å². The van der Waals surface area contributed by atoms with Crippen molar-refractivity contribution < 1.29 is 18.7 Å². The van der Waals surface area contributed by atoms with Gasteiger partial charge in [-0.25, -0.2) is 4.39 Å². The number of nitrogens with one attached hydrogen (secondary N) is 3. The van der Waals surface area contributed by atoms with Gasteiger partial charge in [-0.05, 0) is 74.4 Å². The van der Waals surface area contributed by atoms with Gasteiger partial charge in [-0.15, -0.1) is 0 Å². The summed E-state index contributed by atoms with van der Waals surface area (Å²) in [6.45, 7) is 5.53. The maximum atomic E-state index is 14.4. The molecule has 7 nitrogen and oxygen atoms in total. The Balaban J connectivity index is 1.18. The molecule has 192 valence electrons. The van der Waals surface area contributed by atoms with Crippen molar-refractivity contribution in [1.82, 2.24) is 10.2 Å². The number of benzene rings is 2. The summed E-state index contributed by atoms with van der Waals surface area (Å²) >= 11 is 0. The van der Waals surface area contributed by atoms with Gasteiger partial charge in [0.25, 0.3) is 5.91 Å². The number of carbonyl (C=O) groups excluding carboxylic acids is 2. The third kappa shape index (κ3) is 4.78. The number of fused-ring (bicyclic) bond motifs is 1. The molecule has 0 radical (unpaired) electrons. The molecule has 36 heavy (non-hydrogen) atoms. The van der Waals surface area contributed by atoms with Crippen molar-refractivity contribution in [3.8, 4) is 5.75 Å². The van der Waals surface area contributed by atoms with Crippen LogP contribution in [0.3, 0.4) is 0 Å². The molecule has 0 bridgehead atoms. The van der Waals surface area contributed by atoms with Crippen LogP contribution in [-0.4, -0.2) is 55.2 Å². The highest BCUT2D eigenvalue weighted by Gasteiger charge is 2.38. The van der Waals surface area contributed by atoms with Gasteiger partial charge < -0.3 is 25.6 Å². The first-order valence-electron chi connectivity index (χ1n) is 12.8. The standard InChI is InChI=1S/C28H35FN4O3/c1-17-4-7-20(12-25(17)36-3)32-26(34)19-5-8-22(9-6-19)33-13-24-18(2)10-21(11-23(24)27(33)35)31-16-28(29)14-30-15-28/h4,7,10-12,19,22,30-31H,5-6,8-9,13-16H2,1-3H3,(H,32,34). The Hall–Kier alpha value is -3.13. The lowest BCUT2D eigenvalue weighted by atomic mass is 9.84. The lowest BCUT2D eigenvalue weighted by Gasteiger charge is -2.35. The van der Waals surface area contributed by atoms with Crippen LogP contribution in [0.4, 0.5) is 15.8 Å². The summed E-state index contributed by atoms with van der Waals surface area (Å²) in [5, 5.41) is 9.17. The Kier molecular flexibility index (Phi) is 6.64. The van der Waals surface area contributed by atoms with Gasteiger partial charge in [0.15, 0.2) is 5.67 Å². The Labute approximate surface area is 211 Å². The summed E-state index contributed by atoms with van der Waals surface area (Å²) in [5.74, 6) is 0.743. The predicted octanol–water partition coefficient (Wildman–Crippen LogP) is 4.19. The Morgan fingerprint density at radius 2 is 1.86 bits per heavy atom. The molecule has 2 heterocycles. The molecule has 0 unspecified atom stereocenters. The molecule has 2 aromatic carbocycles. The first-order chi connectivity index (χ1) is 17.3. The summed E-state index contributed by atoms with van der Waals surface area (Å²) in [6.07, 6.45) is 3.10. The number of carbonyl (C=O) groups is 2. The summed E-state index contributed by atoms with van der Waals surface area (Å²) in [6, 6.07) is 9.68. The second-order valence-corrected chi connectivity index (χ2v) is 10.5. The largest absolute Gasteiger partial charge is 0.496 e. The van der Waals surface area contributed by atoms with Crippen LogP contribution in [0.25, 0.3) is 0 Å². The number of nitrogens with zero attached hydrogens (tertiary/aromatic N) is 1. The lowest BCUT2D eigenvalue weighted by molar-refractivity contribution is -0.121. The fourth-order valence-electron chi connectivity index (χ4n) is 5.59. The number of amides is 2. The zero-order valence-corrected chi connectivity index (χ0v) is 21.2. The maximum Gasteiger partial charge on any atom is 0.254 e. The number of hydrogen-bond donors (Lipinski definition) is 3. The Morgan fingerprint density at radius 3 is 2.53 bits per heavy atom. The van der Waals surface area contributed by atoms with Crippen molar-refractivity contribution in [2.24, 2.45) is 5.92 Å². The van der Waals surface area contributed by atoms with E-state index in [0.29, 0.717) is 25.2 Å². The number of ether oxygens (including phenoxy) is 1. The van der Waals surface area contributed by atoms with Crippen LogP contribution in [0.1, 0.15) is 52.7 Å². The van der Waals surface area contributed by atoms with Gasteiger partial charge in [0.1, 0.15) is 5.75 Å². The highest BCUT2D eigenvalue weighted by atomic mass is 19.1. The summed E-state index contributed by atoms with van der Waals surface area (Å²) in [5.41, 5.74) is 4.14. The third-order valence-electron chi connectivity index (χ3n) is 7.97. The molecule has 0 spiro atoms. The van der Waals surface area contributed by atoms with Gasteiger partial charge in [-0.1, -0.05) is 6.07 Å². The topological polar surface area (TPSA) is 82.7 Å². The quantitative estimate of drug-likeness (QED) is 0.538. The molecule has 1 saturated heterocycles. The smallest absolute Gasteiger partial charge is 0.254 e. The SMILES string of the molecule is COc1cc(NC(=O)C2CCC(N3Cc4c(C)cc(NCC5(F)CNC5)cc4C3=O)CC2)ccc1C. The van der Waals surface area contributed by atoms with Crippen molar-refractivity contribution in [3.05, 3.63) is 52.6 Å². The number of halogens is 1. The molecule has 1 aliphatic carbocycles. The van der Waals surface area contributed by atoms with Gasteiger partial charge >= 0.3 is 0 Å². The number of hydrogen-bond acceptors (Lipinski definition) is 5. The molecule has 5 rings (SSSR count). The number of alkyl halides is 1. The Bertz CT molecular complexity index is 1170. The average Bonchev–Trinajstić information content (AvgIpc) is 3.19. The van der Waals surface area contributed by atoms with Crippen molar-refractivity contribution in [3.63, 3.8) is 0 Å². The number of rotatable bonds is 7. The van der Waals surface area contributed by atoms with E-state index < -0.39 is 5.67 Å². The van der Waals surface area contributed by atoms with Gasteiger partial charge in [-0.3, -0.25) is 9.59 Å². The molecule has 2 aliphatic heterocycles. The zero-order valence-electron chi connectivity index (χ0n) is 21.2. The van der Waals surface area contributed by atoms with Gasteiger partial charge in [0.2, 0.25) is 5.91 Å². The van der Waals surface area contributed by atoms with Crippen LogP contribution in [0.15, 0.2) is 30.3 Å². The van der Waals surface area contributed by atoms with Gasteiger partial charge in [0, 0.05) is 54.6 Å². The van der Waals surface area contributed by atoms with Gasteiger partial charge in [-0.2, -0.15) is 0 Å². The molecule has 0 aromatic heterocycles. The first kappa shape index (κ1) is 24.6.